The van der Waals surface area contributed by atoms with E-state index in [-0.39, 0.29) is 5.69 Å². The molecule has 2 heterocycles. The number of ether oxygens (including phenoxy) is 1. The Labute approximate surface area is 138 Å². The molecule has 0 bridgehead atoms. The minimum absolute atomic E-state index is 0.318. The molecule has 0 atom stereocenters. The fourth-order valence-electron chi connectivity index (χ4n) is 2.47. The van der Waals surface area contributed by atoms with Crippen molar-refractivity contribution in [1.82, 2.24) is 19.6 Å². The first-order valence-electron chi connectivity index (χ1n) is 6.88. The van der Waals surface area contributed by atoms with Crippen LogP contribution in [0, 0.1) is 0 Å². The minimum Gasteiger partial charge on any atom is -0.497 e. The topological polar surface area (TPSA) is 72.3 Å². The van der Waals surface area contributed by atoms with E-state index < -0.39 is 0 Å². The van der Waals surface area contributed by atoms with Gasteiger partial charge < -0.3 is 9.72 Å². The van der Waals surface area contributed by atoms with Gasteiger partial charge in [-0.05, 0) is 42.5 Å². The van der Waals surface area contributed by atoms with Gasteiger partial charge in [0.15, 0.2) is 11.5 Å². The van der Waals surface area contributed by atoms with Crippen LogP contribution < -0.4 is 10.4 Å². The van der Waals surface area contributed by atoms with Gasteiger partial charge in [-0.15, -0.1) is 5.10 Å². The number of hydrogen-bond donors (Lipinski definition) is 1. The Morgan fingerprint density at radius 2 is 1.96 bits per heavy atom. The lowest BCUT2D eigenvalue weighted by Crippen LogP contribution is -2.17. The van der Waals surface area contributed by atoms with Crippen molar-refractivity contribution in [3.8, 4) is 17.1 Å². The van der Waals surface area contributed by atoms with Crippen molar-refractivity contribution in [2.24, 2.45) is 0 Å². The summed E-state index contributed by atoms with van der Waals surface area (Å²) in [5.74, 6) is 1.25. The molecular weight excluding hydrogens is 360 g/mol. The first kappa shape index (κ1) is 14.0. The molecule has 0 radical (unpaired) electrons. The van der Waals surface area contributed by atoms with Crippen molar-refractivity contribution in [2.75, 3.05) is 7.11 Å². The number of fused-ring (bicyclic) bond motifs is 3. The molecule has 4 aromatic rings. The van der Waals surface area contributed by atoms with Crippen molar-refractivity contribution in [3.63, 3.8) is 0 Å². The van der Waals surface area contributed by atoms with Crippen LogP contribution >= 0.6 is 15.9 Å². The molecule has 23 heavy (non-hydrogen) atoms. The zero-order valence-corrected chi connectivity index (χ0v) is 13.7. The number of aromatic amines is 1. The number of H-pyrrole nitrogens is 1. The highest BCUT2D eigenvalue weighted by Gasteiger charge is 2.12. The van der Waals surface area contributed by atoms with Gasteiger partial charge in [-0.25, -0.2) is 9.78 Å². The van der Waals surface area contributed by atoms with E-state index in [0.29, 0.717) is 11.5 Å². The third kappa shape index (κ3) is 2.29. The molecule has 0 saturated heterocycles. The molecule has 0 aliphatic rings. The second-order valence-electron chi connectivity index (χ2n) is 5.02. The zero-order valence-electron chi connectivity index (χ0n) is 12.1. The molecule has 0 aliphatic heterocycles. The van der Waals surface area contributed by atoms with E-state index >= 15 is 0 Å². The zero-order chi connectivity index (χ0) is 16.0. The molecule has 0 amide bonds. The van der Waals surface area contributed by atoms with Gasteiger partial charge in [0.05, 0.1) is 12.6 Å². The smallest absolute Gasteiger partial charge is 0.348 e. The fourth-order valence-corrected chi connectivity index (χ4v) is 2.83. The van der Waals surface area contributed by atoms with Gasteiger partial charge >= 0.3 is 5.69 Å². The van der Waals surface area contributed by atoms with Crippen LogP contribution in [0.2, 0.25) is 0 Å². The molecule has 0 unspecified atom stereocenters. The number of nitrogens with zero attached hydrogens (tertiary/aromatic N) is 3. The molecule has 0 spiro atoms. The number of nitrogens with one attached hydrogen (secondary N) is 1. The highest BCUT2D eigenvalue weighted by atomic mass is 79.9. The fraction of sp³-hybridized carbons (Fsp3) is 0.0625. The molecule has 0 aliphatic carbocycles. The Morgan fingerprint density at radius 3 is 2.70 bits per heavy atom. The first-order valence-corrected chi connectivity index (χ1v) is 7.68. The molecule has 6 nitrogen and oxygen atoms in total. The van der Waals surface area contributed by atoms with E-state index in [1.807, 2.05) is 42.5 Å². The lowest BCUT2D eigenvalue weighted by atomic mass is 10.2. The second kappa shape index (κ2) is 5.20. The summed E-state index contributed by atoms with van der Waals surface area (Å²) in [4.78, 5) is 19.5. The molecule has 4 rings (SSSR count). The summed E-state index contributed by atoms with van der Waals surface area (Å²) < 4.78 is 7.34. The third-order valence-corrected chi connectivity index (χ3v) is 4.11. The summed E-state index contributed by atoms with van der Waals surface area (Å²) in [5.41, 5.74) is 1.74. The summed E-state index contributed by atoms with van der Waals surface area (Å²) in [5, 5.41) is 5.15. The number of aromatic nitrogens is 4. The predicted molar refractivity (Wildman–Crippen MR) is 90.8 cm³/mol. The normalized spacial score (nSPS) is 11.2. The van der Waals surface area contributed by atoms with E-state index in [1.54, 1.807) is 7.11 Å². The highest BCUT2D eigenvalue weighted by molar-refractivity contribution is 9.10. The number of hydrogen-bond acceptors (Lipinski definition) is 4. The Bertz CT molecular complexity index is 1080. The summed E-state index contributed by atoms with van der Waals surface area (Å²) in [7, 11) is 1.61. The summed E-state index contributed by atoms with van der Waals surface area (Å²) in [6.07, 6.45) is 0. The van der Waals surface area contributed by atoms with Crippen LogP contribution in [0.4, 0.5) is 0 Å². The average Bonchev–Trinajstić information content (AvgIpc) is 3.02. The SMILES string of the molecule is COc1ccc(-c2nc3c4cc(Br)ccc4[nH]c(=O)n3n2)cc1. The Kier molecular flexibility index (Phi) is 3.16. The predicted octanol–water partition coefficient (Wildman–Crippen LogP) is 3.01. The van der Waals surface area contributed by atoms with E-state index in [2.05, 4.69) is 31.0 Å². The lowest BCUT2D eigenvalue weighted by molar-refractivity contribution is 0.415. The van der Waals surface area contributed by atoms with Crippen LogP contribution in [0.25, 0.3) is 27.9 Å². The van der Waals surface area contributed by atoms with Crippen molar-refractivity contribution in [3.05, 3.63) is 57.4 Å². The van der Waals surface area contributed by atoms with E-state index in [0.717, 1.165) is 26.7 Å². The molecule has 2 aromatic heterocycles. The molecular formula is C16H11BrN4O2. The monoisotopic (exact) mass is 370 g/mol. The number of halogens is 1. The standard InChI is InChI=1S/C16H11BrN4O2/c1-23-11-5-2-9(3-6-11)14-19-15-12-8-10(17)4-7-13(12)18-16(22)21(15)20-14/h2-8H,1H3,(H,18,22). The number of benzene rings is 2. The van der Waals surface area contributed by atoms with Crippen molar-refractivity contribution in [2.45, 2.75) is 0 Å². The van der Waals surface area contributed by atoms with Crippen LogP contribution in [-0.2, 0) is 0 Å². The van der Waals surface area contributed by atoms with Crippen LogP contribution in [-0.4, -0.2) is 26.7 Å². The molecule has 114 valence electrons. The Hall–Kier alpha value is -2.67. The highest BCUT2D eigenvalue weighted by Crippen LogP contribution is 2.24. The van der Waals surface area contributed by atoms with E-state index in [9.17, 15) is 4.79 Å². The Balaban J connectivity index is 1.99. The first-order chi connectivity index (χ1) is 11.2. The van der Waals surface area contributed by atoms with Gasteiger partial charge in [0.2, 0.25) is 0 Å². The van der Waals surface area contributed by atoms with Gasteiger partial charge in [-0.3, -0.25) is 0 Å². The third-order valence-electron chi connectivity index (χ3n) is 3.61. The largest absolute Gasteiger partial charge is 0.497 e. The summed E-state index contributed by atoms with van der Waals surface area (Å²) in [6.45, 7) is 0. The molecule has 1 N–H and O–H groups in total. The maximum atomic E-state index is 12.2. The molecule has 0 fully saturated rings. The van der Waals surface area contributed by atoms with Crippen LogP contribution in [0.5, 0.6) is 5.75 Å². The van der Waals surface area contributed by atoms with Crippen LogP contribution in [0.1, 0.15) is 0 Å². The number of rotatable bonds is 2. The summed E-state index contributed by atoms with van der Waals surface area (Å²) >= 11 is 3.44. The van der Waals surface area contributed by atoms with Crippen molar-refractivity contribution in [1.29, 1.82) is 0 Å². The van der Waals surface area contributed by atoms with Crippen molar-refractivity contribution >= 4 is 32.5 Å². The molecule has 0 saturated carbocycles. The van der Waals surface area contributed by atoms with Gasteiger partial charge in [0, 0.05) is 15.4 Å². The number of methoxy groups -OCH3 is 1. The lowest BCUT2D eigenvalue weighted by Gasteiger charge is -1.99. The van der Waals surface area contributed by atoms with E-state index in [1.165, 1.54) is 4.52 Å². The van der Waals surface area contributed by atoms with Crippen molar-refractivity contribution < 1.29 is 4.74 Å². The van der Waals surface area contributed by atoms with Crippen LogP contribution in [0.15, 0.2) is 51.7 Å². The van der Waals surface area contributed by atoms with Gasteiger partial charge in [-0.2, -0.15) is 4.52 Å². The molecule has 7 heteroatoms. The average molecular weight is 371 g/mol. The summed E-state index contributed by atoms with van der Waals surface area (Å²) in [6, 6.07) is 13.0. The Morgan fingerprint density at radius 1 is 1.17 bits per heavy atom. The van der Waals surface area contributed by atoms with Gasteiger partial charge in [-0.1, -0.05) is 15.9 Å². The minimum atomic E-state index is -0.318. The van der Waals surface area contributed by atoms with Gasteiger partial charge in [0.25, 0.3) is 0 Å². The maximum absolute atomic E-state index is 12.2. The quantitative estimate of drug-likeness (QED) is 0.588. The molecule has 2 aromatic carbocycles. The van der Waals surface area contributed by atoms with E-state index in [4.69, 9.17) is 4.74 Å². The van der Waals surface area contributed by atoms with Gasteiger partial charge in [0.1, 0.15) is 5.75 Å². The second-order valence-corrected chi connectivity index (χ2v) is 5.94. The van der Waals surface area contributed by atoms with Crippen LogP contribution in [0.3, 0.4) is 0 Å². The maximum Gasteiger partial charge on any atom is 0.348 e.